The van der Waals surface area contributed by atoms with E-state index in [-0.39, 0.29) is 11.5 Å². The molecule has 0 unspecified atom stereocenters. The molecule has 1 aromatic carbocycles. The number of anilines is 2. The van der Waals surface area contributed by atoms with Gasteiger partial charge < -0.3 is 20.3 Å². The van der Waals surface area contributed by atoms with Gasteiger partial charge in [0.25, 0.3) is 11.5 Å². The SMILES string of the molecule is CCOc1cnn(C)c(=O)c1Nc1ccc(C(=O)NCCN(C)C)cc1. The van der Waals surface area contributed by atoms with Gasteiger partial charge in [-0.3, -0.25) is 9.59 Å². The number of aryl methyl sites for hydroxylation is 1. The number of carbonyl (C=O) groups excluding carboxylic acids is 1. The number of amides is 1. The highest BCUT2D eigenvalue weighted by Crippen LogP contribution is 2.23. The Morgan fingerprint density at radius 2 is 1.96 bits per heavy atom. The number of nitrogens with zero attached hydrogens (tertiary/aromatic N) is 3. The highest BCUT2D eigenvalue weighted by Gasteiger charge is 2.12. The summed E-state index contributed by atoms with van der Waals surface area (Å²) in [6, 6.07) is 6.91. The number of benzene rings is 1. The topological polar surface area (TPSA) is 88.5 Å². The van der Waals surface area contributed by atoms with Crippen molar-refractivity contribution in [2.75, 3.05) is 39.1 Å². The van der Waals surface area contributed by atoms with E-state index < -0.39 is 0 Å². The third kappa shape index (κ3) is 5.06. The maximum absolute atomic E-state index is 12.3. The number of aromatic nitrogens is 2. The summed E-state index contributed by atoms with van der Waals surface area (Å²) in [5.41, 5.74) is 1.26. The van der Waals surface area contributed by atoms with E-state index in [0.717, 1.165) is 6.54 Å². The first-order chi connectivity index (χ1) is 12.4. The van der Waals surface area contributed by atoms with Crippen molar-refractivity contribution in [2.24, 2.45) is 7.05 Å². The lowest BCUT2D eigenvalue weighted by atomic mass is 10.2. The highest BCUT2D eigenvalue weighted by molar-refractivity contribution is 5.94. The Labute approximate surface area is 152 Å². The molecule has 0 fully saturated rings. The molecule has 8 nitrogen and oxygen atoms in total. The van der Waals surface area contributed by atoms with E-state index in [2.05, 4.69) is 15.7 Å². The van der Waals surface area contributed by atoms with Gasteiger partial charge in [0, 0.05) is 31.4 Å². The monoisotopic (exact) mass is 359 g/mol. The van der Waals surface area contributed by atoms with Gasteiger partial charge in [0.15, 0.2) is 11.4 Å². The summed E-state index contributed by atoms with van der Waals surface area (Å²) < 4.78 is 6.70. The van der Waals surface area contributed by atoms with E-state index in [0.29, 0.717) is 35.8 Å². The second kappa shape index (κ2) is 9.00. The summed E-state index contributed by atoms with van der Waals surface area (Å²) in [5.74, 6) is 0.259. The van der Waals surface area contributed by atoms with Gasteiger partial charge in [-0.15, -0.1) is 0 Å². The summed E-state index contributed by atoms with van der Waals surface area (Å²) in [6.07, 6.45) is 1.50. The van der Waals surface area contributed by atoms with E-state index in [1.165, 1.54) is 10.9 Å². The molecule has 2 aromatic rings. The third-order valence-corrected chi connectivity index (χ3v) is 3.66. The van der Waals surface area contributed by atoms with Crippen LogP contribution in [0.5, 0.6) is 5.75 Å². The lowest BCUT2D eigenvalue weighted by Crippen LogP contribution is -2.31. The average molecular weight is 359 g/mol. The zero-order chi connectivity index (χ0) is 19.1. The molecule has 1 heterocycles. The fraction of sp³-hybridized carbons (Fsp3) is 0.389. The summed E-state index contributed by atoms with van der Waals surface area (Å²) >= 11 is 0. The molecule has 0 bridgehead atoms. The van der Waals surface area contributed by atoms with Gasteiger partial charge in [-0.05, 0) is 45.3 Å². The van der Waals surface area contributed by atoms with Crippen LogP contribution in [0.4, 0.5) is 11.4 Å². The zero-order valence-corrected chi connectivity index (χ0v) is 15.6. The molecule has 2 N–H and O–H groups in total. The minimum Gasteiger partial charge on any atom is -0.490 e. The van der Waals surface area contributed by atoms with Crippen molar-refractivity contribution in [3.05, 3.63) is 46.4 Å². The van der Waals surface area contributed by atoms with Crippen LogP contribution < -0.4 is 20.9 Å². The lowest BCUT2D eigenvalue weighted by Gasteiger charge is -2.13. The molecule has 0 aliphatic carbocycles. The largest absolute Gasteiger partial charge is 0.490 e. The number of rotatable bonds is 8. The van der Waals surface area contributed by atoms with Gasteiger partial charge in [-0.1, -0.05) is 0 Å². The molecule has 140 valence electrons. The fourth-order valence-corrected chi connectivity index (χ4v) is 2.25. The first-order valence-electron chi connectivity index (χ1n) is 8.41. The summed E-state index contributed by atoms with van der Waals surface area (Å²) in [5, 5.41) is 9.87. The third-order valence-electron chi connectivity index (χ3n) is 3.66. The molecule has 26 heavy (non-hydrogen) atoms. The predicted molar refractivity (Wildman–Crippen MR) is 101 cm³/mol. The van der Waals surface area contributed by atoms with Gasteiger partial charge in [0.05, 0.1) is 12.8 Å². The van der Waals surface area contributed by atoms with Crippen LogP contribution >= 0.6 is 0 Å². The molecule has 0 radical (unpaired) electrons. The van der Waals surface area contributed by atoms with Gasteiger partial charge in [0.1, 0.15) is 0 Å². The summed E-state index contributed by atoms with van der Waals surface area (Å²) in [7, 11) is 5.48. The standard InChI is InChI=1S/C18H25N5O3/c1-5-26-15-12-20-23(4)18(25)16(15)21-14-8-6-13(7-9-14)17(24)19-10-11-22(2)3/h6-9,12,21H,5,10-11H2,1-4H3,(H,19,24). The number of hydrogen-bond donors (Lipinski definition) is 2. The number of nitrogens with one attached hydrogen (secondary N) is 2. The van der Waals surface area contributed by atoms with Crippen molar-refractivity contribution in [1.29, 1.82) is 0 Å². The molecular weight excluding hydrogens is 334 g/mol. The lowest BCUT2D eigenvalue weighted by molar-refractivity contribution is 0.0951. The predicted octanol–water partition coefficient (Wildman–Crippen LogP) is 1.21. The van der Waals surface area contributed by atoms with E-state index in [1.54, 1.807) is 31.3 Å². The van der Waals surface area contributed by atoms with Crippen molar-refractivity contribution in [3.63, 3.8) is 0 Å². The smallest absolute Gasteiger partial charge is 0.294 e. The van der Waals surface area contributed by atoms with Crippen LogP contribution in [0.1, 0.15) is 17.3 Å². The van der Waals surface area contributed by atoms with Crippen molar-refractivity contribution >= 4 is 17.3 Å². The van der Waals surface area contributed by atoms with Crippen LogP contribution in [-0.4, -0.2) is 54.4 Å². The molecule has 0 spiro atoms. The molecule has 8 heteroatoms. The summed E-state index contributed by atoms with van der Waals surface area (Å²) in [6.45, 7) is 3.62. The second-order valence-electron chi connectivity index (χ2n) is 6.01. The van der Waals surface area contributed by atoms with Crippen molar-refractivity contribution < 1.29 is 9.53 Å². The minimum absolute atomic E-state index is 0.131. The summed E-state index contributed by atoms with van der Waals surface area (Å²) in [4.78, 5) is 26.4. The number of hydrogen-bond acceptors (Lipinski definition) is 6. The quantitative estimate of drug-likeness (QED) is 0.737. The zero-order valence-electron chi connectivity index (χ0n) is 15.6. The molecule has 2 rings (SSSR count). The van der Waals surface area contributed by atoms with Crippen molar-refractivity contribution in [1.82, 2.24) is 20.0 Å². The molecule has 0 saturated heterocycles. The Balaban J connectivity index is 2.11. The Bertz CT molecular complexity index is 799. The van der Waals surface area contributed by atoms with Crippen LogP contribution in [0.25, 0.3) is 0 Å². The minimum atomic E-state index is -0.290. The Morgan fingerprint density at radius 3 is 2.58 bits per heavy atom. The first-order valence-corrected chi connectivity index (χ1v) is 8.41. The Kier molecular flexibility index (Phi) is 6.74. The number of carbonyl (C=O) groups is 1. The van der Waals surface area contributed by atoms with Crippen LogP contribution in [0.15, 0.2) is 35.3 Å². The normalized spacial score (nSPS) is 10.7. The molecule has 0 saturated carbocycles. The van der Waals surface area contributed by atoms with E-state index >= 15 is 0 Å². The van der Waals surface area contributed by atoms with Gasteiger partial charge in [-0.25, -0.2) is 4.68 Å². The van der Waals surface area contributed by atoms with Crippen molar-refractivity contribution in [2.45, 2.75) is 6.92 Å². The maximum Gasteiger partial charge on any atom is 0.294 e. The van der Waals surface area contributed by atoms with Gasteiger partial charge in [0.2, 0.25) is 0 Å². The highest BCUT2D eigenvalue weighted by atomic mass is 16.5. The van der Waals surface area contributed by atoms with Crippen LogP contribution in [-0.2, 0) is 7.05 Å². The van der Waals surface area contributed by atoms with Crippen molar-refractivity contribution in [3.8, 4) is 5.75 Å². The molecule has 0 aliphatic heterocycles. The fourth-order valence-electron chi connectivity index (χ4n) is 2.25. The van der Waals surface area contributed by atoms with E-state index in [4.69, 9.17) is 4.74 Å². The number of likely N-dealkylation sites (N-methyl/N-ethyl adjacent to an activating group) is 1. The molecule has 1 amide bonds. The molecule has 0 atom stereocenters. The van der Waals surface area contributed by atoms with Crippen LogP contribution in [0.2, 0.25) is 0 Å². The molecule has 1 aromatic heterocycles. The van der Waals surface area contributed by atoms with Gasteiger partial charge >= 0.3 is 0 Å². The van der Waals surface area contributed by atoms with E-state index in [9.17, 15) is 9.59 Å². The first kappa shape index (κ1) is 19.5. The Morgan fingerprint density at radius 1 is 1.27 bits per heavy atom. The van der Waals surface area contributed by atoms with Gasteiger partial charge in [-0.2, -0.15) is 5.10 Å². The van der Waals surface area contributed by atoms with Crippen LogP contribution in [0, 0.1) is 0 Å². The molecule has 0 aliphatic rings. The number of ether oxygens (including phenoxy) is 1. The van der Waals surface area contributed by atoms with Crippen LogP contribution in [0.3, 0.4) is 0 Å². The average Bonchev–Trinajstić information content (AvgIpc) is 2.61. The Hall–Kier alpha value is -2.87. The molecular formula is C18H25N5O3. The maximum atomic E-state index is 12.3. The second-order valence-corrected chi connectivity index (χ2v) is 6.01. The van der Waals surface area contributed by atoms with E-state index in [1.807, 2.05) is 25.9 Å².